The van der Waals surface area contributed by atoms with Crippen molar-refractivity contribution in [3.8, 4) is 0 Å². The lowest BCUT2D eigenvalue weighted by Gasteiger charge is -2.54. The van der Waals surface area contributed by atoms with Gasteiger partial charge in [-0.15, -0.1) is 0 Å². The second kappa shape index (κ2) is 4.93. The molecule has 5 nitrogen and oxygen atoms in total. The highest BCUT2D eigenvalue weighted by Crippen LogP contribution is 2.47. The summed E-state index contributed by atoms with van der Waals surface area (Å²) in [7, 11) is 0. The van der Waals surface area contributed by atoms with Gasteiger partial charge in [-0.3, -0.25) is 14.3 Å². The smallest absolute Gasteiger partial charge is 0.323 e. The zero-order chi connectivity index (χ0) is 16.4. The number of aromatic nitrogens is 1. The van der Waals surface area contributed by atoms with E-state index in [1.807, 2.05) is 24.3 Å². The van der Waals surface area contributed by atoms with Crippen LogP contribution in [0.5, 0.6) is 0 Å². The Morgan fingerprint density at radius 1 is 1.04 bits per heavy atom. The quantitative estimate of drug-likeness (QED) is 0.876. The fourth-order valence-electron chi connectivity index (χ4n) is 5.33. The molecule has 5 heteroatoms. The Kier molecular flexibility index (Phi) is 2.92. The number of rotatable bonds is 1. The summed E-state index contributed by atoms with van der Waals surface area (Å²) in [5.41, 5.74) is 7.64. The standard InChI is InChI=1S/C19H21N3O2/c20-19(24)22-16-4-2-1-3-11(16)9-17(22)12-5-14-7-13-8-15(6-12)21(14)10-18(13)23/h1-4,9,12-15H,5-8,10H2,(H2,20,24). The number of hydrogen-bond donors (Lipinski definition) is 1. The van der Waals surface area contributed by atoms with Crippen LogP contribution >= 0.6 is 0 Å². The average Bonchev–Trinajstić information content (AvgIpc) is 2.94. The molecule has 2 N–H and O–H groups in total. The van der Waals surface area contributed by atoms with E-state index >= 15 is 0 Å². The normalized spacial score (nSPS) is 34.7. The van der Waals surface area contributed by atoms with Gasteiger partial charge in [0.1, 0.15) is 5.78 Å². The number of primary amides is 1. The van der Waals surface area contributed by atoms with Crippen molar-refractivity contribution in [3.05, 3.63) is 36.0 Å². The second-order valence-electron chi connectivity index (χ2n) is 7.58. The Hall–Kier alpha value is -2.14. The fraction of sp³-hybridized carbons (Fsp3) is 0.474. The van der Waals surface area contributed by atoms with Crippen LogP contribution in [0.2, 0.25) is 0 Å². The molecule has 1 aromatic heterocycles. The predicted molar refractivity (Wildman–Crippen MR) is 90.9 cm³/mol. The molecule has 5 heterocycles. The number of benzene rings is 1. The van der Waals surface area contributed by atoms with Crippen molar-refractivity contribution in [1.82, 2.24) is 9.47 Å². The van der Waals surface area contributed by atoms with Gasteiger partial charge in [-0.2, -0.15) is 0 Å². The van der Waals surface area contributed by atoms with Crippen LogP contribution in [0.1, 0.15) is 37.3 Å². The summed E-state index contributed by atoms with van der Waals surface area (Å²) < 4.78 is 1.69. The molecule has 4 saturated heterocycles. The van der Waals surface area contributed by atoms with Gasteiger partial charge in [0.25, 0.3) is 0 Å². The Morgan fingerprint density at radius 3 is 2.38 bits per heavy atom. The van der Waals surface area contributed by atoms with Gasteiger partial charge in [-0.05, 0) is 37.8 Å². The molecule has 1 aromatic carbocycles. The number of para-hydroxylation sites is 1. The molecule has 1 amide bonds. The molecule has 0 spiro atoms. The van der Waals surface area contributed by atoms with Gasteiger partial charge in [0.05, 0.1) is 12.1 Å². The molecule has 2 aromatic rings. The molecular weight excluding hydrogens is 302 g/mol. The fourth-order valence-corrected chi connectivity index (χ4v) is 5.33. The lowest BCUT2D eigenvalue weighted by Crippen LogP contribution is -2.61. The molecule has 0 radical (unpaired) electrons. The van der Waals surface area contributed by atoms with Crippen LogP contribution in [0.15, 0.2) is 30.3 Å². The van der Waals surface area contributed by atoms with Crippen LogP contribution in [-0.2, 0) is 4.79 Å². The number of carbonyl (C=O) groups excluding carboxylic acids is 2. The van der Waals surface area contributed by atoms with Crippen molar-refractivity contribution in [2.45, 2.75) is 43.7 Å². The number of nitrogens with zero attached hydrogens (tertiary/aromatic N) is 2. The second-order valence-corrected chi connectivity index (χ2v) is 7.58. The first-order valence-electron chi connectivity index (χ1n) is 8.80. The highest BCUT2D eigenvalue weighted by molar-refractivity contribution is 5.92. The van der Waals surface area contributed by atoms with Crippen LogP contribution in [0.3, 0.4) is 0 Å². The molecule has 0 saturated carbocycles. The van der Waals surface area contributed by atoms with Crippen molar-refractivity contribution in [2.75, 3.05) is 6.54 Å². The van der Waals surface area contributed by atoms with Gasteiger partial charge in [-0.25, -0.2) is 4.79 Å². The molecular formula is C19H21N3O2. The van der Waals surface area contributed by atoms with Crippen molar-refractivity contribution >= 4 is 22.7 Å². The van der Waals surface area contributed by atoms with E-state index in [0.29, 0.717) is 30.3 Å². The summed E-state index contributed by atoms with van der Waals surface area (Å²) in [5.74, 6) is 1.03. The monoisotopic (exact) mass is 323 g/mol. The maximum atomic E-state index is 12.1. The summed E-state index contributed by atoms with van der Waals surface area (Å²) in [6, 6.07) is 10.6. The molecule has 2 atom stereocenters. The lowest BCUT2D eigenvalue weighted by molar-refractivity contribution is -0.140. The first-order valence-corrected chi connectivity index (χ1v) is 8.80. The van der Waals surface area contributed by atoms with E-state index in [1.54, 1.807) is 4.57 Å². The minimum absolute atomic E-state index is 0.271. The predicted octanol–water partition coefficient (Wildman–Crippen LogP) is 2.48. The number of nitrogens with two attached hydrogens (primary N) is 1. The van der Waals surface area contributed by atoms with Crippen LogP contribution < -0.4 is 5.73 Å². The maximum absolute atomic E-state index is 12.1. The van der Waals surface area contributed by atoms with E-state index in [0.717, 1.165) is 42.3 Å². The highest BCUT2D eigenvalue weighted by Gasteiger charge is 2.49. The first kappa shape index (κ1) is 14.2. The van der Waals surface area contributed by atoms with Crippen molar-refractivity contribution in [3.63, 3.8) is 0 Å². The van der Waals surface area contributed by atoms with E-state index in [4.69, 9.17) is 5.73 Å². The minimum atomic E-state index is -0.404. The number of carbonyl (C=O) groups is 2. The first-order chi connectivity index (χ1) is 11.6. The number of amides is 1. The summed E-state index contributed by atoms with van der Waals surface area (Å²) in [4.78, 5) is 26.5. The Bertz CT molecular complexity index is 839. The number of piperidine rings is 4. The number of Topliss-reactive ketones (excluding diaryl/α,β-unsaturated/α-hetero) is 1. The van der Waals surface area contributed by atoms with Gasteiger partial charge in [-0.1, -0.05) is 18.2 Å². The third kappa shape index (κ3) is 1.91. The molecule has 4 bridgehead atoms. The summed E-state index contributed by atoms with van der Waals surface area (Å²) in [5, 5.41) is 1.07. The Balaban J connectivity index is 1.54. The molecule has 124 valence electrons. The summed E-state index contributed by atoms with van der Waals surface area (Å²) in [6.45, 7) is 0.630. The van der Waals surface area contributed by atoms with Gasteiger partial charge in [0.15, 0.2) is 0 Å². The number of hydrogen-bond acceptors (Lipinski definition) is 3. The summed E-state index contributed by atoms with van der Waals surface area (Å²) in [6.07, 6.45) is 4.01. The van der Waals surface area contributed by atoms with Gasteiger partial charge in [0, 0.05) is 35.0 Å². The molecule has 4 aliphatic heterocycles. The maximum Gasteiger partial charge on any atom is 0.323 e. The van der Waals surface area contributed by atoms with Crippen molar-refractivity contribution < 1.29 is 9.59 Å². The lowest BCUT2D eigenvalue weighted by atomic mass is 9.69. The number of ketones is 1. The molecule has 2 unspecified atom stereocenters. The summed E-state index contributed by atoms with van der Waals surface area (Å²) >= 11 is 0. The van der Waals surface area contributed by atoms with E-state index in [-0.39, 0.29) is 5.92 Å². The largest absolute Gasteiger partial charge is 0.351 e. The molecule has 0 aliphatic carbocycles. The Morgan fingerprint density at radius 2 is 1.71 bits per heavy atom. The van der Waals surface area contributed by atoms with Gasteiger partial charge in [0.2, 0.25) is 0 Å². The van der Waals surface area contributed by atoms with Gasteiger partial charge >= 0.3 is 6.03 Å². The van der Waals surface area contributed by atoms with E-state index in [1.165, 1.54) is 0 Å². The topological polar surface area (TPSA) is 68.3 Å². The molecule has 6 rings (SSSR count). The van der Waals surface area contributed by atoms with Crippen molar-refractivity contribution in [2.24, 2.45) is 11.7 Å². The van der Waals surface area contributed by atoms with E-state index < -0.39 is 6.03 Å². The average molecular weight is 323 g/mol. The zero-order valence-corrected chi connectivity index (χ0v) is 13.5. The zero-order valence-electron chi connectivity index (χ0n) is 13.5. The number of fused-ring (bicyclic) bond motifs is 2. The van der Waals surface area contributed by atoms with E-state index in [2.05, 4.69) is 11.0 Å². The van der Waals surface area contributed by atoms with Crippen LogP contribution in [-0.4, -0.2) is 39.9 Å². The SMILES string of the molecule is NC(=O)n1c(C2CC3CC4CC(C2)N3CC4=O)cc2ccccc21. The van der Waals surface area contributed by atoms with Crippen LogP contribution in [0.4, 0.5) is 4.79 Å². The third-order valence-corrected chi connectivity index (χ3v) is 6.34. The minimum Gasteiger partial charge on any atom is -0.351 e. The molecule has 4 fully saturated rings. The third-order valence-electron chi connectivity index (χ3n) is 6.34. The molecule has 24 heavy (non-hydrogen) atoms. The Labute approximate surface area is 140 Å². The van der Waals surface area contributed by atoms with Crippen LogP contribution in [0, 0.1) is 5.92 Å². The highest BCUT2D eigenvalue weighted by atomic mass is 16.2. The van der Waals surface area contributed by atoms with E-state index in [9.17, 15) is 9.59 Å². The van der Waals surface area contributed by atoms with Crippen LogP contribution in [0.25, 0.3) is 10.9 Å². The molecule has 4 aliphatic rings. The van der Waals surface area contributed by atoms with Crippen molar-refractivity contribution in [1.29, 1.82) is 0 Å². The van der Waals surface area contributed by atoms with Gasteiger partial charge < -0.3 is 5.73 Å².